The molecule has 0 spiro atoms. The molecule has 6 nitrogen and oxygen atoms in total. The quantitative estimate of drug-likeness (QED) is 0.701. The zero-order chi connectivity index (χ0) is 17.4. The van der Waals surface area contributed by atoms with Gasteiger partial charge >= 0.3 is 0 Å². The molecule has 1 aliphatic rings. The van der Waals surface area contributed by atoms with E-state index in [1.807, 2.05) is 0 Å². The maximum absolute atomic E-state index is 12.8. The van der Waals surface area contributed by atoms with E-state index in [-0.39, 0.29) is 36.8 Å². The molecular weight excluding hydrogens is 313 g/mol. The number of hydrogen-bond acceptors (Lipinski definition) is 4. The Bertz CT molecular complexity index is 551. The Balaban J connectivity index is 1.63. The van der Waals surface area contributed by atoms with Gasteiger partial charge in [-0.05, 0) is 30.7 Å². The number of benzene rings is 1. The summed E-state index contributed by atoms with van der Waals surface area (Å²) in [5.74, 6) is 0.00590. The molecule has 1 aromatic carbocycles. The number of carbonyl (C=O) groups is 2. The van der Waals surface area contributed by atoms with Crippen molar-refractivity contribution < 1.29 is 18.7 Å². The molecule has 1 unspecified atom stereocenters. The zero-order valence-electron chi connectivity index (χ0n) is 13.9. The number of amides is 2. The predicted octanol–water partition coefficient (Wildman–Crippen LogP) is 1.27. The number of nitrogens with one attached hydrogen (secondary N) is 2. The van der Waals surface area contributed by atoms with E-state index < -0.39 is 0 Å². The third kappa shape index (κ3) is 5.81. The molecule has 2 N–H and O–H groups in total. The summed E-state index contributed by atoms with van der Waals surface area (Å²) in [4.78, 5) is 25.4. The highest BCUT2D eigenvalue weighted by Gasteiger charge is 2.25. The van der Waals surface area contributed by atoms with E-state index in [1.54, 1.807) is 0 Å². The molecule has 7 heteroatoms. The molecule has 132 valence electrons. The molecule has 1 fully saturated rings. The fourth-order valence-electron chi connectivity index (χ4n) is 2.56. The lowest BCUT2D eigenvalue weighted by atomic mass is 10.1. The first kappa shape index (κ1) is 18.2. The molecule has 2 amide bonds. The minimum Gasteiger partial charge on any atom is -0.492 e. The van der Waals surface area contributed by atoms with E-state index in [0.29, 0.717) is 25.4 Å². The van der Waals surface area contributed by atoms with Crippen molar-refractivity contribution in [2.75, 3.05) is 26.4 Å². The maximum atomic E-state index is 12.8. The third-order valence-corrected chi connectivity index (χ3v) is 3.82. The largest absolute Gasteiger partial charge is 0.492 e. The second-order valence-electron chi connectivity index (χ2n) is 5.80. The number of carbonyl (C=O) groups excluding carboxylic acids is 2. The molecule has 0 bridgehead atoms. The summed E-state index contributed by atoms with van der Waals surface area (Å²) < 4.78 is 18.1. The zero-order valence-corrected chi connectivity index (χ0v) is 13.9. The Morgan fingerprint density at radius 2 is 2.17 bits per heavy atom. The normalized spacial score (nSPS) is 17.7. The molecule has 0 radical (unpaired) electrons. The van der Waals surface area contributed by atoms with Gasteiger partial charge in [-0.2, -0.15) is 0 Å². The molecule has 0 aliphatic carbocycles. The highest BCUT2D eigenvalue weighted by atomic mass is 19.1. The van der Waals surface area contributed by atoms with Crippen LogP contribution in [0.1, 0.15) is 26.2 Å². The van der Waals surface area contributed by atoms with Crippen LogP contribution in [0.3, 0.4) is 0 Å². The van der Waals surface area contributed by atoms with Gasteiger partial charge in [0.1, 0.15) is 24.7 Å². The Morgan fingerprint density at radius 1 is 1.42 bits per heavy atom. The number of rotatable bonds is 8. The van der Waals surface area contributed by atoms with E-state index in [2.05, 4.69) is 17.6 Å². The van der Waals surface area contributed by atoms with Crippen molar-refractivity contribution in [2.24, 2.45) is 0 Å². The standard InChI is InChI=1S/C17H24FN3O3/c1-2-3-14-10-17(23)21(12-20-14)11-16(22)19-8-9-24-15-6-4-13(18)5-7-15/h4-7,14,20H,2-3,8-12H2,1H3,(H,19,22). The summed E-state index contributed by atoms with van der Waals surface area (Å²) in [6, 6.07) is 5.90. The van der Waals surface area contributed by atoms with Gasteiger partial charge in [0.15, 0.2) is 0 Å². The van der Waals surface area contributed by atoms with Gasteiger partial charge < -0.3 is 15.0 Å². The lowest BCUT2D eigenvalue weighted by Gasteiger charge is -2.32. The van der Waals surface area contributed by atoms with Gasteiger partial charge in [-0.1, -0.05) is 13.3 Å². The summed E-state index contributed by atoms with van der Waals surface area (Å²) >= 11 is 0. The SMILES string of the molecule is CCCC1CC(=O)N(CC(=O)NCCOc2ccc(F)cc2)CN1. The third-order valence-electron chi connectivity index (χ3n) is 3.82. The van der Waals surface area contributed by atoms with Crippen LogP contribution in [0.4, 0.5) is 4.39 Å². The van der Waals surface area contributed by atoms with Crippen LogP contribution in [0.2, 0.25) is 0 Å². The molecule has 0 aromatic heterocycles. The highest BCUT2D eigenvalue weighted by Crippen LogP contribution is 2.11. The van der Waals surface area contributed by atoms with E-state index in [9.17, 15) is 14.0 Å². The first-order chi connectivity index (χ1) is 11.6. The fraction of sp³-hybridized carbons (Fsp3) is 0.529. The summed E-state index contributed by atoms with van der Waals surface area (Å²) in [6.07, 6.45) is 2.43. The molecule has 2 rings (SSSR count). The molecule has 1 aliphatic heterocycles. The van der Waals surface area contributed by atoms with Crippen LogP contribution in [-0.2, 0) is 9.59 Å². The monoisotopic (exact) mass is 337 g/mol. The summed E-state index contributed by atoms with van der Waals surface area (Å²) in [5, 5.41) is 5.98. The fourth-order valence-corrected chi connectivity index (χ4v) is 2.56. The van der Waals surface area contributed by atoms with Crippen LogP contribution in [-0.4, -0.2) is 49.1 Å². The molecular formula is C17H24FN3O3. The topological polar surface area (TPSA) is 70.7 Å². The van der Waals surface area contributed by atoms with E-state index in [0.717, 1.165) is 12.8 Å². The summed E-state index contributed by atoms with van der Waals surface area (Å²) in [6.45, 7) is 3.14. The number of hydrogen-bond donors (Lipinski definition) is 2. The van der Waals surface area contributed by atoms with Crippen LogP contribution in [0.5, 0.6) is 5.75 Å². The van der Waals surface area contributed by atoms with Crippen LogP contribution in [0.25, 0.3) is 0 Å². The van der Waals surface area contributed by atoms with Crippen LogP contribution < -0.4 is 15.4 Å². The van der Waals surface area contributed by atoms with Crippen molar-refractivity contribution in [3.8, 4) is 5.75 Å². The first-order valence-corrected chi connectivity index (χ1v) is 8.24. The maximum Gasteiger partial charge on any atom is 0.239 e. The Kier molecular flexibility index (Phi) is 6.99. The van der Waals surface area contributed by atoms with Crippen molar-refractivity contribution in [1.29, 1.82) is 0 Å². The Morgan fingerprint density at radius 3 is 2.83 bits per heavy atom. The van der Waals surface area contributed by atoms with Crippen molar-refractivity contribution in [1.82, 2.24) is 15.5 Å². The van der Waals surface area contributed by atoms with Crippen molar-refractivity contribution in [2.45, 2.75) is 32.2 Å². The predicted molar refractivity (Wildman–Crippen MR) is 87.9 cm³/mol. The van der Waals surface area contributed by atoms with Crippen molar-refractivity contribution in [3.05, 3.63) is 30.1 Å². The lowest BCUT2D eigenvalue weighted by molar-refractivity contribution is -0.139. The van der Waals surface area contributed by atoms with Gasteiger partial charge in [0.05, 0.1) is 13.2 Å². The van der Waals surface area contributed by atoms with E-state index >= 15 is 0 Å². The average molecular weight is 337 g/mol. The Hall–Kier alpha value is -2.15. The Labute approximate surface area is 141 Å². The molecule has 1 saturated heterocycles. The summed E-state index contributed by atoms with van der Waals surface area (Å²) in [5.41, 5.74) is 0. The number of ether oxygens (including phenoxy) is 1. The molecule has 1 heterocycles. The van der Waals surface area contributed by atoms with Crippen molar-refractivity contribution >= 4 is 11.8 Å². The highest BCUT2D eigenvalue weighted by molar-refractivity contribution is 5.85. The molecule has 1 atom stereocenters. The number of halogens is 1. The van der Waals surface area contributed by atoms with E-state index in [1.165, 1.54) is 29.2 Å². The minimum atomic E-state index is -0.323. The second kappa shape index (κ2) is 9.22. The van der Waals surface area contributed by atoms with Crippen LogP contribution in [0.15, 0.2) is 24.3 Å². The van der Waals surface area contributed by atoms with Gasteiger partial charge in [-0.25, -0.2) is 4.39 Å². The van der Waals surface area contributed by atoms with Crippen LogP contribution in [0, 0.1) is 5.82 Å². The second-order valence-corrected chi connectivity index (χ2v) is 5.80. The van der Waals surface area contributed by atoms with Gasteiger partial charge in [0.25, 0.3) is 0 Å². The first-order valence-electron chi connectivity index (χ1n) is 8.24. The van der Waals surface area contributed by atoms with Gasteiger partial charge in [0, 0.05) is 12.5 Å². The minimum absolute atomic E-state index is 0.00455. The molecule has 24 heavy (non-hydrogen) atoms. The van der Waals surface area contributed by atoms with E-state index in [4.69, 9.17) is 4.74 Å². The lowest BCUT2D eigenvalue weighted by Crippen LogP contribution is -2.53. The van der Waals surface area contributed by atoms with Gasteiger partial charge in [0.2, 0.25) is 11.8 Å². The van der Waals surface area contributed by atoms with Gasteiger partial charge in [-0.15, -0.1) is 0 Å². The van der Waals surface area contributed by atoms with Crippen LogP contribution >= 0.6 is 0 Å². The smallest absolute Gasteiger partial charge is 0.239 e. The summed E-state index contributed by atoms with van der Waals surface area (Å²) in [7, 11) is 0. The average Bonchev–Trinajstić information content (AvgIpc) is 2.56. The number of nitrogens with zero attached hydrogens (tertiary/aromatic N) is 1. The van der Waals surface area contributed by atoms with Gasteiger partial charge in [-0.3, -0.25) is 14.9 Å². The molecule has 1 aromatic rings. The van der Waals surface area contributed by atoms with Crippen molar-refractivity contribution in [3.63, 3.8) is 0 Å². The molecule has 0 saturated carbocycles.